The van der Waals surface area contributed by atoms with E-state index in [1.807, 2.05) is 30.3 Å². The molecule has 0 atom stereocenters. The summed E-state index contributed by atoms with van der Waals surface area (Å²) in [5.41, 5.74) is 8.27. The molecule has 1 fully saturated rings. The maximum atomic E-state index is 6.20. The molecular formula is C23H32IN3O3. The van der Waals surface area contributed by atoms with Crippen LogP contribution in [0.4, 0.5) is 5.69 Å². The number of ether oxygens (including phenoxy) is 3. The van der Waals surface area contributed by atoms with Gasteiger partial charge in [0.05, 0.1) is 27.9 Å². The average Bonchev–Trinajstić information content (AvgIpc) is 2.78. The van der Waals surface area contributed by atoms with Gasteiger partial charge in [0.15, 0.2) is 17.5 Å². The molecule has 3 N–H and O–H groups in total. The van der Waals surface area contributed by atoms with Gasteiger partial charge in [-0.3, -0.25) is 4.99 Å². The van der Waals surface area contributed by atoms with Crippen molar-refractivity contribution in [1.29, 1.82) is 0 Å². The Labute approximate surface area is 196 Å². The maximum Gasteiger partial charge on any atom is 0.193 e. The van der Waals surface area contributed by atoms with Crippen LogP contribution in [0.1, 0.15) is 37.7 Å². The van der Waals surface area contributed by atoms with Crippen LogP contribution in [0, 0.1) is 0 Å². The largest absolute Gasteiger partial charge is 0.497 e. The predicted molar refractivity (Wildman–Crippen MR) is 133 cm³/mol. The van der Waals surface area contributed by atoms with E-state index in [0.717, 1.165) is 35.8 Å². The van der Waals surface area contributed by atoms with Gasteiger partial charge in [-0.1, -0.05) is 25.3 Å². The molecule has 0 bridgehead atoms. The number of anilines is 1. The number of nitrogens with zero attached hydrogens (tertiary/aromatic N) is 1. The Hall–Kier alpha value is -2.16. The molecule has 0 radical (unpaired) electrons. The number of aliphatic imine (C=N–C) groups is 1. The SMILES string of the molecule is COc1ccc(NC(N)=NCC2(c3ccc(OC)c(OC)c3)CCCCC2)cc1.I. The van der Waals surface area contributed by atoms with E-state index in [1.54, 1.807) is 21.3 Å². The van der Waals surface area contributed by atoms with E-state index in [9.17, 15) is 0 Å². The summed E-state index contributed by atoms with van der Waals surface area (Å²) in [4.78, 5) is 4.71. The van der Waals surface area contributed by atoms with Crippen molar-refractivity contribution < 1.29 is 14.2 Å². The van der Waals surface area contributed by atoms with Crippen LogP contribution in [0.2, 0.25) is 0 Å². The molecule has 0 spiro atoms. The highest BCUT2D eigenvalue weighted by molar-refractivity contribution is 14.0. The zero-order valence-electron chi connectivity index (χ0n) is 17.9. The third-order valence-electron chi connectivity index (χ3n) is 5.72. The second-order valence-electron chi connectivity index (χ2n) is 7.47. The van der Waals surface area contributed by atoms with Gasteiger partial charge in [0.1, 0.15) is 5.75 Å². The van der Waals surface area contributed by atoms with Crippen molar-refractivity contribution in [2.45, 2.75) is 37.5 Å². The van der Waals surface area contributed by atoms with Crippen molar-refractivity contribution in [3.63, 3.8) is 0 Å². The van der Waals surface area contributed by atoms with Crippen LogP contribution in [-0.2, 0) is 5.41 Å². The first-order valence-electron chi connectivity index (χ1n) is 10.0. The number of methoxy groups -OCH3 is 3. The summed E-state index contributed by atoms with van der Waals surface area (Å²) in [7, 11) is 4.98. The molecule has 1 aliphatic rings. The molecular weight excluding hydrogens is 493 g/mol. The van der Waals surface area contributed by atoms with E-state index >= 15 is 0 Å². The molecule has 164 valence electrons. The van der Waals surface area contributed by atoms with E-state index in [0.29, 0.717) is 12.5 Å². The molecule has 30 heavy (non-hydrogen) atoms. The van der Waals surface area contributed by atoms with Crippen molar-refractivity contribution in [3.8, 4) is 17.2 Å². The van der Waals surface area contributed by atoms with Crippen LogP contribution in [0.15, 0.2) is 47.5 Å². The van der Waals surface area contributed by atoms with Crippen molar-refractivity contribution in [3.05, 3.63) is 48.0 Å². The van der Waals surface area contributed by atoms with E-state index in [1.165, 1.54) is 24.8 Å². The molecule has 0 aliphatic heterocycles. The van der Waals surface area contributed by atoms with E-state index in [2.05, 4.69) is 17.4 Å². The third-order valence-corrected chi connectivity index (χ3v) is 5.72. The summed E-state index contributed by atoms with van der Waals surface area (Å²) < 4.78 is 16.1. The third kappa shape index (κ3) is 5.71. The molecule has 1 saturated carbocycles. The van der Waals surface area contributed by atoms with Gasteiger partial charge in [-0.05, 0) is 54.8 Å². The maximum absolute atomic E-state index is 6.20. The monoisotopic (exact) mass is 525 g/mol. The van der Waals surface area contributed by atoms with Crippen LogP contribution in [-0.4, -0.2) is 33.8 Å². The van der Waals surface area contributed by atoms with Crippen molar-refractivity contribution in [2.24, 2.45) is 10.7 Å². The topological polar surface area (TPSA) is 78.1 Å². The minimum Gasteiger partial charge on any atom is -0.497 e. The number of halogens is 1. The van der Waals surface area contributed by atoms with Gasteiger partial charge in [-0.25, -0.2) is 0 Å². The van der Waals surface area contributed by atoms with Gasteiger partial charge in [0, 0.05) is 11.1 Å². The Balaban J connectivity index is 0.00000320. The fourth-order valence-corrected chi connectivity index (χ4v) is 4.03. The van der Waals surface area contributed by atoms with Crippen molar-refractivity contribution >= 4 is 35.6 Å². The van der Waals surface area contributed by atoms with E-state index < -0.39 is 0 Å². The first kappa shape index (κ1) is 24.1. The molecule has 2 aromatic rings. The average molecular weight is 525 g/mol. The predicted octanol–water partition coefficient (Wildman–Crippen LogP) is 4.96. The summed E-state index contributed by atoms with van der Waals surface area (Å²) in [6, 6.07) is 13.8. The second kappa shape index (κ2) is 11.3. The van der Waals surface area contributed by atoms with Crippen LogP contribution < -0.4 is 25.3 Å². The van der Waals surface area contributed by atoms with Gasteiger partial charge in [-0.2, -0.15) is 0 Å². The Bertz CT molecular complexity index is 834. The zero-order chi connectivity index (χ0) is 20.7. The molecule has 2 aromatic carbocycles. The van der Waals surface area contributed by atoms with Gasteiger partial charge in [-0.15, -0.1) is 24.0 Å². The fraction of sp³-hybridized carbons (Fsp3) is 0.435. The van der Waals surface area contributed by atoms with Crippen LogP contribution in [0.25, 0.3) is 0 Å². The first-order valence-corrected chi connectivity index (χ1v) is 10.0. The lowest BCUT2D eigenvalue weighted by molar-refractivity contribution is 0.298. The molecule has 0 saturated heterocycles. The highest BCUT2D eigenvalue weighted by Gasteiger charge is 2.34. The summed E-state index contributed by atoms with van der Waals surface area (Å²) in [5.74, 6) is 2.72. The molecule has 0 heterocycles. The molecule has 3 rings (SSSR count). The molecule has 0 unspecified atom stereocenters. The Morgan fingerprint density at radius 3 is 2.20 bits per heavy atom. The number of hydrogen-bond donors (Lipinski definition) is 2. The summed E-state index contributed by atoms with van der Waals surface area (Å²) >= 11 is 0. The number of hydrogen-bond acceptors (Lipinski definition) is 4. The second-order valence-corrected chi connectivity index (χ2v) is 7.47. The Kier molecular flexibility index (Phi) is 9.08. The van der Waals surface area contributed by atoms with E-state index in [4.69, 9.17) is 24.9 Å². The van der Waals surface area contributed by atoms with Crippen LogP contribution in [0.3, 0.4) is 0 Å². The summed E-state index contributed by atoms with van der Waals surface area (Å²) in [6.45, 7) is 0.636. The molecule has 6 nitrogen and oxygen atoms in total. The van der Waals surface area contributed by atoms with Gasteiger partial charge < -0.3 is 25.3 Å². The number of nitrogens with two attached hydrogens (primary N) is 1. The van der Waals surface area contributed by atoms with Crippen LogP contribution in [0.5, 0.6) is 17.2 Å². The zero-order valence-corrected chi connectivity index (χ0v) is 20.3. The summed E-state index contributed by atoms with van der Waals surface area (Å²) in [6.07, 6.45) is 5.81. The number of nitrogens with one attached hydrogen (secondary N) is 1. The normalized spacial score (nSPS) is 15.6. The van der Waals surface area contributed by atoms with Gasteiger partial charge in [0.2, 0.25) is 0 Å². The highest BCUT2D eigenvalue weighted by Crippen LogP contribution is 2.42. The minimum atomic E-state index is -0.0377. The Morgan fingerprint density at radius 1 is 0.933 bits per heavy atom. The molecule has 7 heteroatoms. The lowest BCUT2D eigenvalue weighted by atomic mass is 9.69. The smallest absolute Gasteiger partial charge is 0.193 e. The van der Waals surface area contributed by atoms with E-state index in [-0.39, 0.29) is 29.4 Å². The highest BCUT2D eigenvalue weighted by atomic mass is 127. The van der Waals surface area contributed by atoms with Crippen molar-refractivity contribution in [1.82, 2.24) is 0 Å². The van der Waals surface area contributed by atoms with Gasteiger partial charge >= 0.3 is 0 Å². The standard InChI is InChI=1S/C23H31N3O3.HI/c1-27-19-10-8-18(9-11-19)26-22(24)25-16-23(13-5-4-6-14-23)17-7-12-20(28-2)21(15-17)29-3;/h7-12,15H,4-6,13-14,16H2,1-3H3,(H3,24,25,26);1H. The first-order chi connectivity index (χ1) is 14.1. The molecule has 0 amide bonds. The lowest BCUT2D eigenvalue weighted by Gasteiger charge is -2.37. The lowest BCUT2D eigenvalue weighted by Crippen LogP contribution is -2.34. The Morgan fingerprint density at radius 2 is 1.60 bits per heavy atom. The molecule has 1 aliphatic carbocycles. The van der Waals surface area contributed by atoms with Crippen molar-refractivity contribution in [2.75, 3.05) is 33.2 Å². The number of guanidine groups is 1. The quantitative estimate of drug-likeness (QED) is 0.304. The fourth-order valence-electron chi connectivity index (χ4n) is 4.03. The summed E-state index contributed by atoms with van der Waals surface area (Å²) in [5, 5.41) is 3.17. The molecule has 0 aromatic heterocycles. The minimum absolute atomic E-state index is 0. The van der Waals surface area contributed by atoms with Crippen LogP contribution >= 0.6 is 24.0 Å². The number of benzene rings is 2. The number of rotatable bonds is 7. The van der Waals surface area contributed by atoms with Gasteiger partial charge in [0.25, 0.3) is 0 Å².